The van der Waals surface area contributed by atoms with Crippen LogP contribution in [0, 0.1) is 0 Å². The number of carbonyl (C=O) groups excluding carboxylic acids is 1. The van der Waals surface area contributed by atoms with Gasteiger partial charge >= 0.3 is 0 Å². The third kappa shape index (κ3) is 2.62. The van der Waals surface area contributed by atoms with Crippen molar-refractivity contribution in [3.8, 4) is 11.3 Å². The molecule has 0 unspecified atom stereocenters. The molecule has 7 heteroatoms. The molecule has 0 bridgehead atoms. The van der Waals surface area contributed by atoms with E-state index in [2.05, 4.69) is 9.97 Å². The number of benzene rings is 1. The second-order valence-corrected chi connectivity index (χ2v) is 6.72. The number of pyridine rings is 1. The number of carbonyl (C=O) groups is 1. The van der Waals surface area contributed by atoms with E-state index in [1.165, 1.54) is 0 Å². The number of aromatic nitrogens is 3. The van der Waals surface area contributed by atoms with E-state index < -0.39 is 0 Å². The van der Waals surface area contributed by atoms with Gasteiger partial charge in [-0.1, -0.05) is 23.7 Å². The lowest BCUT2D eigenvalue weighted by molar-refractivity contribution is 0.0795. The number of rotatable bonds is 2. The number of nitrogens with two attached hydrogens (primary N) is 1. The Morgan fingerprint density at radius 3 is 2.76 bits per heavy atom. The number of amides is 1. The lowest BCUT2D eigenvalue weighted by Crippen LogP contribution is -2.29. The molecule has 1 saturated heterocycles. The van der Waals surface area contributed by atoms with Crippen molar-refractivity contribution >= 4 is 34.4 Å². The molecular weight excluding hydrogens is 338 g/mol. The van der Waals surface area contributed by atoms with Gasteiger partial charge in [0.25, 0.3) is 5.91 Å². The van der Waals surface area contributed by atoms with Crippen LogP contribution in [-0.4, -0.2) is 38.4 Å². The first-order valence-electron chi connectivity index (χ1n) is 8.22. The van der Waals surface area contributed by atoms with Crippen molar-refractivity contribution in [3.63, 3.8) is 0 Å². The smallest absolute Gasteiger partial charge is 0.258 e. The van der Waals surface area contributed by atoms with E-state index in [0.717, 1.165) is 31.5 Å². The summed E-state index contributed by atoms with van der Waals surface area (Å²) in [6, 6.07) is 7.31. The molecule has 1 aliphatic rings. The van der Waals surface area contributed by atoms with Crippen LogP contribution in [0.4, 0.5) is 5.82 Å². The van der Waals surface area contributed by atoms with E-state index in [-0.39, 0.29) is 5.91 Å². The molecule has 0 saturated carbocycles. The summed E-state index contributed by atoms with van der Waals surface area (Å²) in [5, 5.41) is 0.586. The molecule has 2 aromatic heterocycles. The third-order valence-electron chi connectivity index (χ3n) is 4.59. The molecule has 25 heavy (non-hydrogen) atoms. The molecule has 6 nitrogen and oxygen atoms in total. The Balaban J connectivity index is 2.02. The second-order valence-electron chi connectivity index (χ2n) is 6.28. The molecule has 1 aliphatic heterocycles. The zero-order valence-electron chi connectivity index (χ0n) is 13.9. The van der Waals surface area contributed by atoms with Crippen LogP contribution in [0.1, 0.15) is 23.2 Å². The first kappa shape index (κ1) is 15.9. The lowest BCUT2D eigenvalue weighted by Gasteiger charge is -2.19. The summed E-state index contributed by atoms with van der Waals surface area (Å²) in [7, 11) is 1.86. The SMILES string of the molecule is Cn1cnc2c(N)nc(-c3cccc(Cl)c3)c(C(=O)N3CCCC3)c21. The first-order chi connectivity index (χ1) is 12.1. The van der Waals surface area contributed by atoms with Crippen LogP contribution in [-0.2, 0) is 7.05 Å². The molecule has 3 heterocycles. The first-order valence-corrected chi connectivity index (χ1v) is 8.60. The highest BCUT2D eigenvalue weighted by molar-refractivity contribution is 6.31. The fraction of sp³-hybridized carbons (Fsp3) is 0.278. The Morgan fingerprint density at radius 2 is 2.04 bits per heavy atom. The zero-order valence-corrected chi connectivity index (χ0v) is 14.6. The number of nitrogens with zero attached hydrogens (tertiary/aromatic N) is 4. The summed E-state index contributed by atoms with van der Waals surface area (Å²) in [5.41, 5.74) is 9.24. The normalized spacial score (nSPS) is 14.4. The maximum absolute atomic E-state index is 13.3. The fourth-order valence-corrected chi connectivity index (χ4v) is 3.57. The molecule has 128 valence electrons. The summed E-state index contributed by atoms with van der Waals surface area (Å²) >= 11 is 6.15. The largest absolute Gasteiger partial charge is 0.382 e. The van der Waals surface area contributed by atoms with Gasteiger partial charge in [0, 0.05) is 30.7 Å². The molecule has 4 rings (SSSR count). The van der Waals surface area contributed by atoms with Crippen LogP contribution in [0.25, 0.3) is 22.3 Å². The van der Waals surface area contributed by atoms with E-state index >= 15 is 0 Å². The monoisotopic (exact) mass is 355 g/mol. The standard InChI is InChI=1S/C18H18ClN5O/c1-23-10-21-15-16(23)13(18(25)24-7-2-3-8-24)14(22-17(15)20)11-5-4-6-12(19)9-11/h4-6,9-10H,2-3,7-8H2,1H3,(H2,20,22). The summed E-state index contributed by atoms with van der Waals surface area (Å²) in [6.07, 6.45) is 3.70. The number of imidazole rings is 1. The Hall–Kier alpha value is -2.60. The zero-order chi connectivity index (χ0) is 17.6. The Bertz CT molecular complexity index is 975. The number of nitrogen functional groups attached to an aromatic ring is 1. The van der Waals surface area contributed by atoms with Crippen molar-refractivity contribution in [2.24, 2.45) is 7.05 Å². The van der Waals surface area contributed by atoms with Gasteiger partial charge in [-0.25, -0.2) is 9.97 Å². The number of hydrogen-bond acceptors (Lipinski definition) is 4. The molecule has 0 spiro atoms. The van der Waals surface area contributed by atoms with E-state index in [0.29, 0.717) is 33.1 Å². The number of aryl methyl sites for hydroxylation is 1. The molecular formula is C18H18ClN5O. The highest BCUT2D eigenvalue weighted by Gasteiger charge is 2.28. The average Bonchev–Trinajstić information content (AvgIpc) is 3.25. The van der Waals surface area contributed by atoms with Gasteiger partial charge in [-0.2, -0.15) is 0 Å². The fourth-order valence-electron chi connectivity index (χ4n) is 3.38. The number of hydrogen-bond donors (Lipinski definition) is 1. The number of halogens is 1. The van der Waals surface area contributed by atoms with Crippen molar-refractivity contribution in [1.82, 2.24) is 19.4 Å². The maximum Gasteiger partial charge on any atom is 0.258 e. The Morgan fingerprint density at radius 1 is 1.28 bits per heavy atom. The molecule has 0 radical (unpaired) electrons. The molecule has 1 amide bonds. The number of likely N-dealkylation sites (tertiary alicyclic amines) is 1. The van der Waals surface area contributed by atoms with Crippen molar-refractivity contribution in [2.45, 2.75) is 12.8 Å². The van der Waals surface area contributed by atoms with Gasteiger partial charge in [0.1, 0.15) is 5.52 Å². The highest BCUT2D eigenvalue weighted by atomic mass is 35.5. The number of anilines is 1. The summed E-state index contributed by atoms with van der Waals surface area (Å²) in [4.78, 5) is 24.0. The van der Waals surface area contributed by atoms with Crippen molar-refractivity contribution in [2.75, 3.05) is 18.8 Å². The molecule has 3 aromatic rings. The predicted octanol–water partition coefficient (Wildman–Crippen LogP) is 3.11. The summed E-state index contributed by atoms with van der Waals surface area (Å²) in [5.74, 6) is 0.275. The van der Waals surface area contributed by atoms with Gasteiger partial charge in [-0.3, -0.25) is 4.79 Å². The van der Waals surface area contributed by atoms with Crippen LogP contribution < -0.4 is 5.73 Å². The van der Waals surface area contributed by atoms with Gasteiger partial charge in [-0.15, -0.1) is 0 Å². The summed E-state index contributed by atoms with van der Waals surface area (Å²) < 4.78 is 1.82. The van der Waals surface area contributed by atoms with Crippen LogP contribution >= 0.6 is 11.6 Å². The highest BCUT2D eigenvalue weighted by Crippen LogP contribution is 2.33. The van der Waals surface area contributed by atoms with Crippen molar-refractivity contribution < 1.29 is 4.79 Å². The minimum Gasteiger partial charge on any atom is -0.382 e. The molecule has 1 fully saturated rings. The topological polar surface area (TPSA) is 77.0 Å². The van der Waals surface area contributed by atoms with Gasteiger partial charge < -0.3 is 15.2 Å². The van der Waals surface area contributed by atoms with E-state index in [1.54, 1.807) is 18.5 Å². The molecule has 1 aromatic carbocycles. The maximum atomic E-state index is 13.3. The number of fused-ring (bicyclic) bond motifs is 1. The second kappa shape index (κ2) is 6.04. The van der Waals surface area contributed by atoms with Gasteiger partial charge in [0.15, 0.2) is 5.82 Å². The van der Waals surface area contributed by atoms with Gasteiger partial charge in [0.2, 0.25) is 0 Å². The molecule has 0 aliphatic carbocycles. The van der Waals surface area contributed by atoms with E-state index in [1.807, 2.05) is 28.6 Å². The van der Waals surface area contributed by atoms with Crippen LogP contribution in [0.5, 0.6) is 0 Å². The van der Waals surface area contributed by atoms with Crippen LogP contribution in [0.2, 0.25) is 5.02 Å². The van der Waals surface area contributed by atoms with Gasteiger partial charge in [0.05, 0.1) is 23.1 Å². The predicted molar refractivity (Wildman–Crippen MR) is 98.5 cm³/mol. The quantitative estimate of drug-likeness (QED) is 0.766. The average molecular weight is 356 g/mol. The molecule has 2 N–H and O–H groups in total. The third-order valence-corrected chi connectivity index (χ3v) is 4.83. The minimum absolute atomic E-state index is 0.0337. The minimum atomic E-state index is -0.0337. The van der Waals surface area contributed by atoms with Crippen LogP contribution in [0.15, 0.2) is 30.6 Å². The van der Waals surface area contributed by atoms with Crippen molar-refractivity contribution in [3.05, 3.63) is 41.2 Å². The van der Waals surface area contributed by atoms with E-state index in [9.17, 15) is 4.79 Å². The molecule has 0 atom stereocenters. The lowest BCUT2D eigenvalue weighted by atomic mass is 10.0. The summed E-state index contributed by atoms with van der Waals surface area (Å²) in [6.45, 7) is 1.52. The van der Waals surface area contributed by atoms with Crippen LogP contribution in [0.3, 0.4) is 0 Å². The van der Waals surface area contributed by atoms with E-state index in [4.69, 9.17) is 17.3 Å². The van der Waals surface area contributed by atoms with Gasteiger partial charge in [-0.05, 0) is 25.0 Å². The van der Waals surface area contributed by atoms with Crippen molar-refractivity contribution in [1.29, 1.82) is 0 Å². The Labute approximate surface area is 150 Å². The Kier molecular flexibility index (Phi) is 3.84.